The number of alkyl halides is 4. The van der Waals surface area contributed by atoms with Crippen LogP contribution in [0.4, 0.5) is 27.8 Å². The Balaban J connectivity index is 1.50. The second-order valence-electron chi connectivity index (χ2n) is 9.25. The maximum Gasteiger partial charge on any atom is 0.419 e. The first-order chi connectivity index (χ1) is 17.7. The molecule has 2 fully saturated rings. The fourth-order valence-electron chi connectivity index (χ4n) is 4.69. The first-order valence-corrected chi connectivity index (χ1v) is 11.4. The van der Waals surface area contributed by atoms with Crippen LogP contribution in [0.25, 0.3) is 27.8 Å². The molecule has 2 saturated carbocycles. The number of aromatic nitrogens is 5. The van der Waals surface area contributed by atoms with Crippen LogP contribution in [-0.2, 0) is 15.8 Å². The molecular weight excluding hydrogens is 501 g/mol. The Bertz CT molecular complexity index is 1560. The van der Waals surface area contributed by atoms with Crippen molar-refractivity contribution in [2.75, 3.05) is 5.32 Å². The largest absolute Gasteiger partial charge is 0.419 e. The molecule has 0 aliphatic heterocycles. The van der Waals surface area contributed by atoms with Gasteiger partial charge in [0.25, 0.3) is 0 Å². The van der Waals surface area contributed by atoms with E-state index >= 15 is 4.39 Å². The molecule has 6 rings (SSSR count). The van der Waals surface area contributed by atoms with Gasteiger partial charge in [-0.2, -0.15) is 18.3 Å². The van der Waals surface area contributed by atoms with Crippen molar-refractivity contribution in [3.8, 4) is 11.3 Å². The van der Waals surface area contributed by atoms with Crippen LogP contribution in [-0.4, -0.2) is 43.1 Å². The number of nitrogens with zero attached hydrogens (tertiary/aromatic N) is 4. The highest BCUT2D eigenvalue weighted by atomic mass is 19.4. The summed E-state index contributed by atoms with van der Waals surface area (Å²) in [5.74, 6) is -2.94. The number of carbonyl (C=O) groups excluding carboxylic acids is 2. The number of hydrogen-bond acceptors (Lipinski definition) is 5. The van der Waals surface area contributed by atoms with Crippen molar-refractivity contribution >= 4 is 34.7 Å². The number of H-pyrrole nitrogens is 1. The fraction of sp³-hybridized carbons (Fsp3) is 0.348. The van der Waals surface area contributed by atoms with E-state index in [4.69, 9.17) is 0 Å². The van der Waals surface area contributed by atoms with Gasteiger partial charge in [0.2, 0.25) is 12.3 Å². The standard InChI is InChI=1S/C23H18F5N7O2/c24-12-3-10(12)22(37)33-14-7-35-6-13(29-5-15(35)32-14)16-11-4-31-34-21(11)17(19(25)18(16)23(26,27)28)20(30-8-36)9-1-2-9/h4-10,12,20H,1-3H2,(H,30,36)(H,31,34)(H,33,37)/t10-,12+,20?/m1/s1. The molecule has 1 unspecified atom stereocenters. The van der Waals surface area contributed by atoms with E-state index in [2.05, 4.69) is 30.8 Å². The van der Waals surface area contributed by atoms with Gasteiger partial charge in [-0.25, -0.2) is 13.8 Å². The van der Waals surface area contributed by atoms with Crippen LogP contribution in [0.5, 0.6) is 0 Å². The highest BCUT2D eigenvalue weighted by Crippen LogP contribution is 2.49. The van der Waals surface area contributed by atoms with Crippen LogP contribution < -0.4 is 10.6 Å². The number of carbonyl (C=O) groups is 2. The van der Waals surface area contributed by atoms with Gasteiger partial charge in [0.15, 0.2) is 11.5 Å². The summed E-state index contributed by atoms with van der Waals surface area (Å²) >= 11 is 0. The average Bonchev–Trinajstić information content (AvgIpc) is 3.72. The van der Waals surface area contributed by atoms with Gasteiger partial charge >= 0.3 is 6.18 Å². The SMILES string of the molecule is O=CNC(c1c(F)c(C(F)(F)F)c(-c2cn3cc(NC(=O)[C@@H]4C[C@@H]4F)nc3cn2)c2cn[nH]c12)C1CC1. The maximum absolute atomic E-state index is 15.8. The van der Waals surface area contributed by atoms with Crippen molar-refractivity contribution in [1.82, 2.24) is 29.9 Å². The van der Waals surface area contributed by atoms with Crippen molar-refractivity contribution < 1.29 is 31.5 Å². The zero-order chi connectivity index (χ0) is 26.1. The summed E-state index contributed by atoms with van der Waals surface area (Å²) in [5, 5.41) is 11.4. The second-order valence-corrected chi connectivity index (χ2v) is 9.25. The molecule has 3 heterocycles. The molecule has 2 amide bonds. The summed E-state index contributed by atoms with van der Waals surface area (Å²) in [5.41, 5.74) is -2.36. The molecule has 14 heteroatoms. The predicted molar refractivity (Wildman–Crippen MR) is 119 cm³/mol. The van der Waals surface area contributed by atoms with E-state index in [1.54, 1.807) is 0 Å². The number of aromatic amines is 1. The lowest BCUT2D eigenvalue weighted by molar-refractivity contribution is -0.139. The summed E-state index contributed by atoms with van der Waals surface area (Å²) in [6, 6.07) is -0.957. The summed E-state index contributed by atoms with van der Waals surface area (Å²) in [4.78, 5) is 31.4. The first-order valence-electron chi connectivity index (χ1n) is 11.4. The second kappa shape index (κ2) is 8.21. The molecule has 2 aliphatic carbocycles. The number of fused-ring (bicyclic) bond motifs is 2. The molecule has 3 N–H and O–H groups in total. The maximum atomic E-state index is 15.8. The fourth-order valence-corrected chi connectivity index (χ4v) is 4.69. The van der Waals surface area contributed by atoms with Crippen molar-refractivity contribution in [2.24, 2.45) is 11.8 Å². The molecule has 192 valence electrons. The Labute approximate surface area is 204 Å². The zero-order valence-electron chi connectivity index (χ0n) is 18.8. The number of rotatable bonds is 7. The van der Waals surface area contributed by atoms with Crippen LogP contribution >= 0.6 is 0 Å². The van der Waals surface area contributed by atoms with Crippen LogP contribution in [0.1, 0.15) is 36.4 Å². The quantitative estimate of drug-likeness (QED) is 0.253. The van der Waals surface area contributed by atoms with Crippen molar-refractivity contribution in [1.29, 1.82) is 0 Å². The van der Waals surface area contributed by atoms with E-state index in [0.29, 0.717) is 19.3 Å². The monoisotopic (exact) mass is 519 g/mol. The molecule has 3 atom stereocenters. The summed E-state index contributed by atoms with van der Waals surface area (Å²) in [6.07, 6.45) is 0.324. The van der Waals surface area contributed by atoms with E-state index in [1.807, 2.05) is 0 Å². The van der Waals surface area contributed by atoms with Gasteiger partial charge in [-0.1, -0.05) is 0 Å². The number of halogens is 5. The molecule has 0 saturated heterocycles. The predicted octanol–water partition coefficient (Wildman–Crippen LogP) is 3.92. The van der Waals surface area contributed by atoms with E-state index in [-0.39, 0.29) is 46.0 Å². The summed E-state index contributed by atoms with van der Waals surface area (Å²) < 4.78 is 73.4. The highest BCUT2D eigenvalue weighted by molar-refractivity contribution is 5.98. The Hall–Kier alpha value is -4.10. The third-order valence-corrected chi connectivity index (χ3v) is 6.72. The summed E-state index contributed by atoms with van der Waals surface area (Å²) in [7, 11) is 0. The molecule has 0 bridgehead atoms. The van der Waals surface area contributed by atoms with Gasteiger partial charge in [0.05, 0.1) is 41.8 Å². The third kappa shape index (κ3) is 3.96. The number of imidazole rings is 1. The van der Waals surface area contributed by atoms with Crippen molar-refractivity contribution in [3.63, 3.8) is 0 Å². The average molecular weight is 519 g/mol. The molecule has 2 aliphatic rings. The van der Waals surface area contributed by atoms with E-state index in [0.717, 1.165) is 6.20 Å². The highest BCUT2D eigenvalue weighted by Gasteiger charge is 2.45. The van der Waals surface area contributed by atoms with Gasteiger partial charge in [0.1, 0.15) is 17.6 Å². The lowest BCUT2D eigenvalue weighted by Crippen LogP contribution is -2.25. The number of anilines is 1. The van der Waals surface area contributed by atoms with Crippen LogP contribution in [0.15, 0.2) is 24.8 Å². The number of nitrogens with one attached hydrogen (secondary N) is 3. The number of benzene rings is 1. The number of amides is 2. The summed E-state index contributed by atoms with van der Waals surface area (Å²) in [6.45, 7) is 0. The van der Waals surface area contributed by atoms with Gasteiger partial charge in [-0.3, -0.25) is 19.7 Å². The minimum absolute atomic E-state index is 0.0229. The van der Waals surface area contributed by atoms with Gasteiger partial charge in [-0.05, 0) is 25.2 Å². The Morgan fingerprint density at radius 3 is 2.65 bits per heavy atom. The molecular formula is C23H18F5N7O2. The molecule has 1 aromatic carbocycles. The molecule has 9 nitrogen and oxygen atoms in total. The van der Waals surface area contributed by atoms with Crippen molar-refractivity contribution in [3.05, 3.63) is 41.7 Å². The van der Waals surface area contributed by atoms with Crippen LogP contribution in [0.2, 0.25) is 0 Å². The van der Waals surface area contributed by atoms with Gasteiger partial charge in [0, 0.05) is 22.7 Å². The molecule has 37 heavy (non-hydrogen) atoms. The molecule has 0 spiro atoms. The van der Waals surface area contributed by atoms with Crippen LogP contribution in [0.3, 0.4) is 0 Å². The molecule has 0 radical (unpaired) electrons. The first kappa shape index (κ1) is 23.3. The smallest absolute Gasteiger partial charge is 0.351 e. The minimum atomic E-state index is -5.10. The Morgan fingerprint density at radius 1 is 1.24 bits per heavy atom. The zero-order valence-corrected chi connectivity index (χ0v) is 18.8. The van der Waals surface area contributed by atoms with E-state index in [9.17, 15) is 27.2 Å². The molecule has 4 aromatic rings. The normalized spacial score (nSPS) is 20.2. The molecule has 3 aromatic heterocycles. The van der Waals surface area contributed by atoms with E-state index in [1.165, 1.54) is 23.0 Å². The minimum Gasteiger partial charge on any atom is -0.351 e. The Kier molecular flexibility index (Phi) is 5.17. The topological polar surface area (TPSA) is 117 Å². The van der Waals surface area contributed by atoms with E-state index < -0.39 is 47.2 Å². The number of hydrogen-bond donors (Lipinski definition) is 3. The lowest BCUT2D eigenvalue weighted by atomic mass is 9.91. The Morgan fingerprint density at radius 2 is 2.00 bits per heavy atom. The van der Waals surface area contributed by atoms with Gasteiger partial charge < -0.3 is 15.0 Å². The van der Waals surface area contributed by atoms with Crippen LogP contribution in [0, 0.1) is 17.7 Å². The lowest BCUT2D eigenvalue weighted by Gasteiger charge is -2.22. The van der Waals surface area contributed by atoms with Gasteiger partial charge in [-0.15, -0.1) is 0 Å². The van der Waals surface area contributed by atoms with Crippen molar-refractivity contribution in [2.45, 2.75) is 37.7 Å². The third-order valence-electron chi connectivity index (χ3n) is 6.72.